The van der Waals surface area contributed by atoms with Crippen LogP contribution in [0.15, 0.2) is 12.4 Å². The molecule has 0 aliphatic heterocycles. The first-order valence-corrected chi connectivity index (χ1v) is 3.85. The van der Waals surface area contributed by atoms with E-state index in [9.17, 15) is 0 Å². The Kier molecular flexibility index (Phi) is 2.83. The zero-order valence-electron chi connectivity index (χ0n) is 6.96. The summed E-state index contributed by atoms with van der Waals surface area (Å²) in [6.45, 7) is 5.01. The van der Waals surface area contributed by atoms with Crippen molar-refractivity contribution in [3.8, 4) is 0 Å². The van der Waals surface area contributed by atoms with Crippen LogP contribution < -0.4 is 5.32 Å². The average Bonchev–Trinajstić information content (AvgIpc) is 2.01. The second-order valence-corrected chi connectivity index (χ2v) is 2.47. The minimum atomic E-state index is 0.867. The summed E-state index contributed by atoms with van der Waals surface area (Å²) < 4.78 is 0. The van der Waals surface area contributed by atoms with Gasteiger partial charge in [-0.05, 0) is 13.3 Å². The minimum absolute atomic E-state index is 0.867. The molecule has 0 bridgehead atoms. The van der Waals surface area contributed by atoms with Crippen molar-refractivity contribution in [3.05, 3.63) is 18.1 Å². The van der Waals surface area contributed by atoms with Gasteiger partial charge in [-0.3, -0.25) is 4.98 Å². The van der Waals surface area contributed by atoms with Gasteiger partial charge in [-0.25, -0.2) is 4.98 Å². The van der Waals surface area contributed by atoms with Crippen molar-refractivity contribution in [1.29, 1.82) is 0 Å². The quantitative estimate of drug-likeness (QED) is 0.713. The van der Waals surface area contributed by atoms with E-state index in [1.54, 1.807) is 12.4 Å². The topological polar surface area (TPSA) is 37.8 Å². The summed E-state index contributed by atoms with van der Waals surface area (Å²) in [5.41, 5.74) is 0.950. The van der Waals surface area contributed by atoms with E-state index in [2.05, 4.69) is 22.2 Å². The Labute approximate surface area is 66.9 Å². The van der Waals surface area contributed by atoms with E-state index in [0.717, 1.165) is 24.5 Å². The Morgan fingerprint density at radius 2 is 2.27 bits per heavy atom. The van der Waals surface area contributed by atoms with E-state index in [1.165, 1.54) is 0 Å². The van der Waals surface area contributed by atoms with Gasteiger partial charge in [0, 0.05) is 12.7 Å². The summed E-state index contributed by atoms with van der Waals surface area (Å²) in [5, 5.41) is 3.16. The van der Waals surface area contributed by atoms with Crippen molar-refractivity contribution in [2.24, 2.45) is 0 Å². The van der Waals surface area contributed by atoms with E-state index in [1.807, 2.05) is 6.92 Å². The van der Waals surface area contributed by atoms with E-state index < -0.39 is 0 Å². The predicted octanol–water partition coefficient (Wildman–Crippen LogP) is 1.61. The van der Waals surface area contributed by atoms with Crippen LogP contribution in [-0.2, 0) is 0 Å². The smallest absolute Gasteiger partial charge is 0.144 e. The first-order valence-electron chi connectivity index (χ1n) is 3.85. The van der Waals surface area contributed by atoms with Crippen LogP contribution in [-0.4, -0.2) is 16.5 Å². The maximum absolute atomic E-state index is 4.24. The molecule has 1 rings (SSSR count). The zero-order chi connectivity index (χ0) is 8.10. The molecule has 1 aromatic rings. The van der Waals surface area contributed by atoms with Gasteiger partial charge < -0.3 is 5.32 Å². The number of anilines is 1. The lowest BCUT2D eigenvalue weighted by atomic mass is 10.4. The molecule has 0 amide bonds. The molecule has 0 aliphatic carbocycles. The lowest BCUT2D eigenvalue weighted by Crippen LogP contribution is -2.02. The van der Waals surface area contributed by atoms with Crippen LogP contribution in [0, 0.1) is 6.92 Å². The number of aromatic nitrogens is 2. The third-order valence-electron chi connectivity index (χ3n) is 1.31. The molecule has 60 valence electrons. The molecule has 0 unspecified atom stereocenters. The van der Waals surface area contributed by atoms with Gasteiger partial charge >= 0.3 is 0 Å². The predicted molar refractivity (Wildman–Crippen MR) is 45.5 cm³/mol. The largest absolute Gasteiger partial charge is 0.369 e. The summed E-state index contributed by atoms with van der Waals surface area (Å²) in [6.07, 6.45) is 4.59. The summed E-state index contributed by atoms with van der Waals surface area (Å²) in [6, 6.07) is 0. The van der Waals surface area contributed by atoms with Crippen LogP contribution in [0.1, 0.15) is 19.0 Å². The summed E-state index contributed by atoms with van der Waals surface area (Å²) in [7, 11) is 0. The van der Waals surface area contributed by atoms with Gasteiger partial charge in [0.05, 0.1) is 11.9 Å². The fourth-order valence-corrected chi connectivity index (χ4v) is 0.802. The minimum Gasteiger partial charge on any atom is -0.369 e. The van der Waals surface area contributed by atoms with Crippen molar-refractivity contribution >= 4 is 5.82 Å². The summed E-state index contributed by atoms with van der Waals surface area (Å²) in [5.74, 6) is 0.867. The molecule has 1 aromatic heterocycles. The lowest BCUT2D eigenvalue weighted by molar-refractivity contribution is 0.959. The molecule has 0 atom stereocenters. The summed E-state index contributed by atoms with van der Waals surface area (Å²) in [4.78, 5) is 8.25. The molecule has 0 saturated heterocycles. The molecule has 0 aliphatic rings. The normalized spacial score (nSPS) is 9.64. The molecular weight excluding hydrogens is 138 g/mol. The Bertz CT molecular complexity index is 222. The van der Waals surface area contributed by atoms with Gasteiger partial charge in [0.2, 0.25) is 0 Å². The molecule has 0 aromatic carbocycles. The Balaban J connectivity index is 2.56. The molecule has 3 heteroatoms. The number of nitrogens with zero attached hydrogens (tertiary/aromatic N) is 2. The number of hydrogen-bond donors (Lipinski definition) is 1. The standard InChI is InChI=1S/C8H13N3/c1-3-4-10-8-6-9-5-7(2)11-8/h5-6H,3-4H2,1-2H3,(H,10,11). The van der Waals surface area contributed by atoms with Crippen LogP contribution >= 0.6 is 0 Å². The van der Waals surface area contributed by atoms with Crippen LogP contribution in [0.25, 0.3) is 0 Å². The number of aryl methyl sites for hydroxylation is 1. The highest BCUT2D eigenvalue weighted by atomic mass is 15.0. The van der Waals surface area contributed by atoms with Crippen LogP contribution in [0.4, 0.5) is 5.82 Å². The van der Waals surface area contributed by atoms with Crippen molar-refractivity contribution in [2.45, 2.75) is 20.3 Å². The van der Waals surface area contributed by atoms with E-state index in [4.69, 9.17) is 0 Å². The Morgan fingerprint density at radius 3 is 2.91 bits per heavy atom. The van der Waals surface area contributed by atoms with Crippen molar-refractivity contribution in [1.82, 2.24) is 9.97 Å². The lowest BCUT2D eigenvalue weighted by Gasteiger charge is -2.02. The number of hydrogen-bond acceptors (Lipinski definition) is 3. The van der Waals surface area contributed by atoms with Crippen molar-refractivity contribution in [2.75, 3.05) is 11.9 Å². The van der Waals surface area contributed by atoms with Crippen molar-refractivity contribution < 1.29 is 0 Å². The number of rotatable bonds is 3. The molecule has 1 heterocycles. The van der Waals surface area contributed by atoms with Crippen molar-refractivity contribution in [3.63, 3.8) is 0 Å². The third-order valence-corrected chi connectivity index (χ3v) is 1.31. The van der Waals surface area contributed by atoms with E-state index >= 15 is 0 Å². The van der Waals surface area contributed by atoms with Crippen LogP contribution in [0.3, 0.4) is 0 Å². The molecular formula is C8H13N3. The van der Waals surface area contributed by atoms with Gasteiger partial charge in [0.25, 0.3) is 0 Å². The Hall–Kier alpha value is -1.12. The van der Waals surface area contributed by atoms with Gasteiger partial charge in [-0.2, -0.15) is 0 Å². The molecule has 3 nitrogen and oxygen atoms in total. The highest BCUT2D eigenvalue weighted by Gasteiger charge is 1.91. The Morgan fingerprint density at radius 1 is 1.45 bits per heavy atom. The SMILES string of the molecule is CCCNc1cncc(C)n1. The average molecular weight is 151 g/mol. The zero-order valence-corrected chi connectivity index (χ0v) is 6.96. The van der Waals surface area contributed by atoms with Crippen LogP contribution in [0.2, 0.25) is 0 Å². The molecule has 0 saturated carbocycles. The summed E-state index contributed by atoms with van der Waals surface area (Å²) >= 11 is 0. The maximum atomic E-state index is 4.24. The second-order valence-electron chi connectivity index (χ2n) is 2.47. The van der Waals surface area contributed by atoms with E-state index in [-0.39, 0.29) is 0 Å². The number of nitrogens with one attached hydrogen (secondary N) is 1. The third kappa shape index (κ3) is 2.53. The first kappa shape index (κ1) is 7.98. The first-order chi connectivity index (χ1) is 5.33. The maximum Gasteiger partial charge on any atom is 0.144 e. The van der Waals surface area contributed by atoms with Crippen LogP contribution in [0.5, 0.6) is 0 Å². The molecule has 0 radical (unpaired) electrons. The second kappa shape index (κ2) is 3.91. The van der Waals surface area contributed by atoms with Gasteiger partial charge in [-0.15, -0.1) is 0 Å². The highest BCUT2D eigenvalue weighted by molar-refractivity contribution is 5.30. The van der Waals surface area contributed by atoms with Gasteiger partial charge in [0.1, 0.15) is 5.82 Å². The fourth-order valence-electron chi connectivity index (χ4n) is 0.802. The molecule has 11 heavy (non-hydrogen) atoms. The monoisotopic (exact) mass is 151 g/mol. The van der Waals surface area contributed by atoms with Gasteiger partial charge in [0.15, 0.2) is 0 Å². The van der Waals surface area contributed by atoms with Gasteiger partial charge in [-0.1, -0.05) is 6.92 Å². The molecule has 1 N–H and O–H groups in total. The highest BCUT2D eigenvalue weighted by Crippen LogP contribution is 1.99. The van der Waals surface area contributed by atoms with E-state index in [0.29, 0.717) is 0 Å². The fraction of sp³-hybridized carbons (Fsp3) is 0.500. The molecule has 0 fully saturated rings. The molecule has 0 spiro atoms.